The molecule has 1 atom stereocenters. The van der Waals surface area contributed by atoms with Gasteiger partial charge in [0.15, 0.2) is 6.61 Å². The highest BCUT2D eigenvalue weighted by Crippen LogP contribution is 2.22. The van der Waals surface area contributed by atoms with Crippen LogP contribution in [0.25, 0.3) is 0 Å². The minimum absolute atomic E-state index is 0.353. The number of esters is 1. The first kappa shape index (κ1) is 14.2. The number of ether oxygens (including phenoxy) is 1. The van der Waals surface area contributed by atoms with Gasteiger partial charge in [0, 0.05) is 0 Å². The summed E-state index contributed by atoms with van der Waals surface area (Å²) in [5.74, 6) is -1.27. The summed E-state index contributed by atoms with van der Waals surface area (Å²) in [6.07, 6.45) is -5.99. The molecule has 0 heterocycles. The predicted octanol–water partition coefficient (Wildman–Crippen LogP) is 2.38. The summed E-state index contributed by atoms with van der Waals surface area (Å²) in [4.78, 5) is 11.2. The summed E-state index contributed by atoms with van der Waals surface area (Å²) in [6.45, 7) is 1.54. The Labute approximate surface area is 101 Å². The molecular weight excluding hydrogens is 249 g/mol. The third kappa shape index (κ3) is 4.21. The van der Waals surface area contributed by atoms with Gasteiger partial charge in [0.2, 0.25) is 0 Å². The summed E-state index contributed by atoms with van der Waals surface area (Å²) in [7, 11) is 0. The Morgan fingerprint density at radius 2 is 1.89 bits per heavy atom. The van der Waals surface area contributed by atoms with E-state index in [9.17, 15) is 23.1 Å². The molecule has 0 saturated carbocycles. The van der Waals surface area contributed by atoms with E-state index in [1.807, 2.05) is 0 Å². The van der Waals surface area contributed by atoms with Crippen LogP contribution in [-0.2, 0) is 9.53 Å². The Kier molecular flexibility index (Phi) is 4.49. The maximum atomic E-state index is 11.8. The molecule has 0 amide bonds. The number of benzene rings is 1. The standard InChI is InChI=1S/C12H11F3O3/c1-8(11(17)18-7-12(13,14)15)10(16)9-5-3-2-4-6-9/h2-6,10,16H,1,7H2. The lowest BCUT2D eigenvalue weighted by Crippen LogP contribution is -2.22. The first-order chi connectivity index (χ1) is 8.31. The van der Waals surface area contributed by atoms with Crippen LogP contribution >= 0.6 is 0 Å². The number of aliphatic hydroxyl groups is 1. The molecule has 1 aromatic rings. The van der Waals surface area contributed by atoms with Crippen LogP contribution in [0.4, 0.5) is 13.2 Å². The topological polar surface area (TPSA) is 46.5 Å². The number of carbonyl (C=O) groups is 1. The molecule has 0 fully saturated rings. The summed E-state index contributed by atoms with van der Waals surface area (Å²) >= 11 is 0. The lowest BCUT2D eigenvalue weighted by Gasteiger charge is -2.14. The molecule has 0 aliphatic carbocycles. The van der Waals surface area contributed by atoms with Gasteiger partial charge in [-0.2, -0.15) is 13.2 Å². The van der Waals surface area contributed by atoms with E-state index in [0.717, 1.165) is 0 Å². The number of carbonyl (C=O) groups excluding carboxylic acids is 1. The number of aliphatic hydroxyl groups excluding tert-OH is 1. The monoisotopic (exact) mass is 260 g/mol. The van der Waals surface area contributed by atoms with Crippen molar-refractivity contribution in [1.29, 1.82) is 0 Å². The van der Waals surface area contributed by atoms with Crippen molar-refractivity contribution in [2.75, 3.05) is 6.61 Å². The van der Waals surface area contributed by atoms with Crippen LogP contribution in [0.5, 0.6) is 0 Å². The molecule has 0 spiro atoms. The fraction of sp³-hybridized carbons (Fsp3) is 0.250. The molecule has 98 valence electrons. The number of alkyl halides is 3. The highest BCUT2D eigenvalue weighted by molar-refractivity contribution is 5.89. The predicted molar refractivity (Wildman–Crippen MR) is 57.6 cm³/mol. The van der Waals surface area contributed by atoms with Gasteiger partial charge in [-0.1, -0.05) is 36.9 Å². The summed E-state index contributed by atoms with van der Waals surface area (Å²) in [5.41, 5.74) is -0.0862. The van der Waals surface area contributed by atoms with E-state index in [-0.39, 0.29) is 0 Å². The van der Waals surface area contributed by atoms with Crippen molar-refractivity contribution in [2.24, 2.45) is 0 Å². The van der Waals surface area contributed by atoms with Gasteiger partial charge in [0.1, 0.15) is 6.10 Å². The lowest BCUT2D eigenvalue weighted by molar-refractivity contribution is -0.184. The molecule has 0 aliphatic heterocycles. The summed E-state index contributed by atoms with van der Waals surface area (Å²) in [5, 5.41) is 9.71. The van der Waals surface area contributed by atoms with Gasteiger partial charge in [-0.25, -0.2) is 4.79 Å². The normalized spacial score (nSPS) is 12.9. The molecule has 1 N–H and O–H groups in total. The molecule has 0 radical (unpaired) electrons. The second kappa shape index (κ2) is 5.68. The van der Waals surface area contributed by atoms with E-state index in [1.165, 1.54) is 12.1 Å². The summed E-state index contributed by atoms with van der Waals surface area (Å²) < 4.78 is 39.5. The largest absolute Gasteiger partial charge is 0.453 e. The Hall–Kier alpha value is -1.82. The molecule has 1 unspecified atom stereocenters. The molecular formula is C12H11F3O3. The van der Waals surface area contributed by atoms with Gasteiger partial charge in [-0.05, 0) is 5.56 Å². The van der Waals surface area contributed by atoms with Crippen LogP contribution in [0.3, 0.4) is 0 Å². The second-order valence-electron chi connectivity index (χ2n) is 3.53. The minimum Gasteiger partial charge on any atom is -0.453 e. The molecule has 0 aromatic heterocycles. The van der Waals surface area contributed by atoms with Crippen LogP contribution in [0.2, 0.25) is 0 Å². The maximum Gasteiger partial charge on any atom is 0.422 e. The number of rotatable bonds is 4. The highest BCUT2D eigenvalue weighted by atomic mass is 19.4. The number of hydrogen-bond acceptors (Lipinski definition) is 3. The van der Waals surface area contributed by atoms with Crippen molar-refractivity contribution < 1.29 is 27.8 Å². The van der Waals surface area contributed by atoms with E-state index in [4.69, 9.17) is 0 Å². The number of halogens is 3. The van der Waals surface area contributed by atoms with Gasteiger partial charge >= 0.3 is 12.1 Å². The zero-order valence-electron chi connectivity index (χ0n) is 9.28. The lowest BCUT2D eigenvalue weighted by atomic mass is 10.0. The van der Waals surface area contributed by atoms with Crippen molar-refractivity contribution in [2.45, 2.75) is 12.3 Å². The second-order valence-corrected chi connectivity index (χ2v) is 3.53. The smallest absolute Gasteiger partial charge is 0.422 e. The molecule has 1 rings (SSSR count). The third-order valence-electron chi connectivity index (χ3n) is 2.07. The van der Waals surface area contributed by atoms with E-state index in [1.54, 1.807) is 18.2 Å². The van der Waals surface area contributed by atoms with Crippen LogP contribution < -0.4 is 0 Å². The van der Waals surface area contributed by atoms with E-state index < -0.39 is 30.4 Å². The van der Waals surface area contributed by atoms with Crippen molar-refractivity contribution in [3.63, 3.8) is 0 Å². The maximum absolute atomic E-state index is 11.8. The van der Waals surface area contributed by atoms with E-state index >= 15 is 0 Å². The van der Waals surface area contributed by atoms with Crippen molar-refractivity contribution in [3.8, 4) is 0 Å². The Balaban J connectivity index is 2.62. The van der Waals surface area contributed by atoms with Gasteiger partial charge in [-0.3, -0.25) is 0 Å². The van der Waals surface area contributed by atoms with Crippen LogP contribution in [0.1, 0.15) is 11.7 Å². The molecule has 18 heavy (non-hydrogen) atoms. The SMILES string of the molecule is C=C(C(=O)OCC(F)(F)F)C(O)c1ccccc1. The van der Waals surface area contributed by atoms with Crippen molar-refractivity contribution in [1.82, 2.24) is 0 Å². The molecule has 6 heteroatoms. The molecule has 3 nitrogen and oxygen atoms in total. The van der Waals surface area contributed by atoms with Crippen LogP contribution in [0.15, 0.2) is 42.5 Å². The van der Waals surface area contributed by atoms with Gasteiger partial charge in [0.05, 0.1) is 5.57 Å². The quantitative estimate of drug-likeness (QED) is 0.668. The zero-order valence-corrected chi connectivity index (χ0v) is 9.28. The average Bonchev–Trinajstić information content (AvgIpc) is 2.34. The first-order valence-electron chi connectivity index (χ1n) is 4.97. The Bertz CT molecular complexity index is 426. The molecule has 0 saturated heterocycles. The van der Waals surface area contributed by atoms with Gasteiger partial charge < -0.3 is 9.84 Å². The fourth-order valence-electron chi connectivity index (χ4n) is 1.19. The van der Waals surface area contributed by atoms with E-state index in [0.29, 0.717) is 5.56 Å². The van der Waals surface area contributed by atoms with Gasteiger partial charge in [0.25, 0.3) is 0 Å². The first-order valence-corrected chi connectivity index (χ1v) is 4.97. The van der Waals surface area contributed by atoms with Crippen LogP contribution in [0, 0.1) is 0 Å². The fourth-order valence-corrected chi connectivity index (χ4v) is 1.19. The number of hydrogen-bond donors (Lipinski definition) is 1. The van der Waals surface area contributed by atoms with Crippen molar-refractivity contribution in [3.05, 3.63) is 48.0 Å². The zero-order chi connectivity index (χ0) is 13.8. The highest BCUT2D eigenvalue weighted by Gasteiger charge is 2.31. The third-order valence-corrected chi connectivity index (χ3v) is 2.07. The molecule has 0 bridgehead atoms. The van der Waals surface area contributed by atoms with Crippen LogP contribution in [-0.4, -0.2) is 23.9 Å². The minimum atomic E-state index is -4.60. The van der Waals surface area contributed by atoms with Crippen molar-refractivity contribution >= 4 is 5.97 Å². The molecule has 1 aromatic carbocycles. The Morgan fingerprint density at radius 1 is 1.33 bits per heavy atom. The molecule has 0 aliphatic rings. The average molecular weight is 260 g/mol. The van der Waals surface area contributed by atoms with Gasteiger partial charge in [-0.15, -0.1) is 0 Å². The summed E-state index contributed by atoms with van der Waals surface area (Å²) in [6, 6.07) is 7.97. The van der Waals surface area contributed by atoms with E-state index in [2.05, 4.69) is 11.3 Å². The Morgan fingerprint density at radius 3 is 2.39 bits per heavy atom.